The lowest BCUT2D eigenvalue weighted by molar-refractivity contribution is -0.279. The molecular weight excluding hydrogens is 224 g/mol. The van der Waals surface area contributed by atoms with Crippen LogP contribution in [0.1, 0.15) is 6.42 Å². The van der Waals surface area contributed by atoms with Crippen LogP contribution in [0.4, 0.5) is 0 Å². The van der Waals surface area contributed by atoms with Gasteiger partial charge in [-0.3, -0.25) is 0 Å². The van der Waals surface area contributed by atoms with Crippen LogP contribution in [0.2, 0.25) is 0 Å². The fraction of sp³-hybridized carbons (Fsp3) is 0.750. The summed E-state index contributed by atoms with van der Waals surface area (Å²) in [5, 5.41) is 10.3. The molecule has 4 rings (SSSR count). The number of hydrogen-bond acceptors (Lipinski definition) is 5. The maximum atomic E-state index is 11.8. The normalized spacial score (nSPS) is 46.9. The molecular formula is C12H16O5. The molecule has 2 fully saturated rings. The highest BCUT2D eigenvalue weighted by Gasteiger charge is 2.65. The lowest BCUT2D eigenvalue weighted by Gasteiger charge is -2.48. The lowest BCUT2D eigenvalue weighted by Crippen LogP contribution is -2.59. The minimum atomic E-state index is -1.05. The SMILES string of the molecule is COC(=O)C1=C[C@@H]2C[C@H]3CO[C@@](OC)([C@H]2O)[C@@H]13. The van der Waals surface area contributed by atoms with Gasteiger partial charge in [-0.15, -0.1) is 0 Å². The van der Waals surface area contributed by atoms with Gasteiger partial charge in [0.25, 0.3) is 0 Å². The standard InChI is InChI=1S/C12H16O5/c1-15-11(14)8-4-6-3-7-5-17-12(16-2,9(7)8)10(6)13/h4,6-7,9-10,13H,3,5H2,1-2H3/t6-,7-,9+,10-,12+/m0/s1. The molecule has 17 heavy (non-hydrogen) atoms. The number of esters is 1. The van der Waals surface area contributed by atoms with Crippen molar-refractivity contribution >= 4 is 5.97 Å². The summed E-state index contributed by atoms with van der Waals surface area (Å²) in [6.45, 7) is 0.528. The number of methoxy groups -OCH3 is 2. The summed E-state index contributed by atoms with van der Waals surface area (Å²) in [6, 6.07) is 0. The second-order valence-electron chi connectivity index (χ2n) is 4.93. The third kappa shape index (κ3) is 1.22. The zero-order chi connectivity index (χ0) is 12.2. The van der Waals surface area contributed by atoms with Crippen LogP contribution < -0.4 is 0 Å². The van der Waals surface area contributed by atoms with E-state index in [1.807, 2.05) is 6.08 Å². The molecule has 94 valence electrons. The second kappa shape index (κ2) is 3.54. The summed E-state index contributed by atoms with van der Waals surface area (Å²) >= 11 is 0. The Morgan fingerprint density at radius 3 is 3.00 bits per heavy atom. The van der Waals surface area contributed by atoms with Crippen molar-refractivity contribution in [2.24, 2.45) is 17.8 Å². The summed E-state index contributed by atoms with van der Waals surface area (Å²) in [5.41, 5.74) is 0.596. The number of carbonyl (C=O) groups is 1. The van der Waals surface area contributed by atoms with Crippen molar-refractivity contribution in [3.05, 3.63) is 11.6 Å². The number of ether oxygens (including phenoxy) is 3. The number of rotatable bonds is 2. The van der Waals surface area contributed by atoms with E-state index >= 15 is 0 Å². The highest BCUT2D eigenvalue weighted by Crippen LogP contribution is 2.56. The van der Waals surface area contributed by atoms with Crippen molar-refractivity contribution in [1.82, 2.24) is 0 Å². The zero-order valence-corrected chi connectivity index (χ0v) is 9.88. The van der Waals surface area contributed by atoms with Crippen molar-refractivity contribution in [3.63, 3.8) is 0 Å². The van der Waals surface area contributed by atoms with Gasteiger partial charge in [0.15, 0.2) is 0 Å². The third-order valence-corrected chi connectivity index (χ3v) is 4.29. The molecule has 1 heterocycles. The van der Waals surface area contributed by atoms with E-state index in [2.05, 4.69) is 0 Å². The van der Waals surface area contributed by atoms with Crippen molar-refractivity contribution in [2.45, 2.75) is 18.3 Å². The Morgan fingerprint density at radius 2 is 2.35 bits per heavy atom. The highest BCUT2D eigenvalue weighted by molar-refractivity contribution is 5.90. The summed E-state index contributed by atoms with van der Waals surface area (Å²) in [4.78, 5) is 11.8. The minimum absolute atomic E-state index is 0.0819. The van der Waals surface area contributed by atoms with Crippen molar-refractivity contribution in [1.29, 1.82) is 0 Å². The molecule has 1 saturated carbocycles. The first-order chi connectivity index (χ1) is 8.14. The Labute approximate surface area is 99.3 Å². The van der Waals surface area contributed by atoms with Gasteiger partial charge >= 0.3 is 5.97 Å². The molecule has 4 aliphatic rings. The van der Waals surface area contributed by atoms with E-state index in [-0.39, 0.29) is 23.7 Å². The first-order valence-electron chi connectivity index (χ1n) is 5.81. The fourth-order valence-electron chi connectivity index (χ4n) is 3.59. The predicted molar refractivity (Wildman–Crippen MR) is 56.9 cm³/mol. The molecule has 1 N–H and O–H groups in total. The van der Waals surface area contributed by atoms with Crippen molar-refractivity contribution in [3.8, 4) is 0 Å². The Hall–Kier alpha value is -0.910. The van der Waals surface area contributed by atoms with E-state index in [0.29, 0.717) is 12.2 Å². The molecule has 0 radical (unpaired) electrons. The number of aliphatic hydroxyl groups is 1. The predicted octanol–water partition coefficient (Wildman–Crippen LogP) is 0.0855. The second-order valence-corrected chi connectivity index (χ2v) is 4.93. The van der Waals surface area contributed by atoms with E-state index in [9.17, 15) is 9.90 Å². The van der Waals surface area contributed by atoms with E-state index in [1.165, 1.54) is 14.2 Å². The van der Waals surface area contributed by atoms with Crippen LogP contribution in [0.25, 0.3) is 0 Å². The van der Waals surface area contributed by atoms with Crippen LogP contribution in [-0.4, -0.2) is 43.8 Å². The van der Waals surface area contributed by atoms with Crippen LogP contribution in [0.5, 0.6) is 0 Å². The molecule has 1 saturated heterocycles. The van der Waals surface area contributed by atoms with Crippen LogP contribution in [0.15, 0.2) is 11.6 Å². The molecule has 0 aromatic carbocycles. The fourth-order valence-corrected chi connectivity index (χ4v) is 3.59. The Bertz CT molecular complexity index is 390. The molecule has 0 aromatic rings. The van der Waals surface area contributed by atoms with E-state index < -0.39 is 11.9 Å². The van der Waals surface area contributed by atoms with Gasteiger partial charge in [-0.25, -0.2) is 4.79 Å². The summed E-state index contributed by atoms with van der Waals surface area (Å²) < 4.78 is 15.9. The van der Waals surface area contributed by atoms with E-state index in [4.69, 9.17) is 14.2 Å². The minimum Gasteiger partial charge on any atom is -0.466 e. The van der Waals surface area contributed by atoms with Gasteiger partial charge in [0, 0.05) is 18.6 Å². The maximum absolute atomic E-state index is 11.8. The number of aliphatic hydroxyl groups excluding tert-OH is 1. The average Bonchev–Trinajstić information content (AvgIpc) is 2.70. The Morgan fingerprint density at radius 1 is 1.59 bits per heavy atom. The van der Waals surface area contributed by atoms with Crippen molar-refractivity contribution in [2.75, 3.05) is 20.8 Å². The monoisotopic (exact) mass is 240 g/mol. The zero-order valence-electron chi connectivity index (χ0n) is 9.88. The van der Waals surface area contributed by atoms with Gasteiger partial charge in [-0.1, -0.05) is 6.08 Å². The van der Waals surface area contributed by atoms with Gasteiger partial charge in [0.2, 0.25) is 5.79 Å². The van der Waals surface area contributed by atoms with Crippen LogP contribution >= 0.6 is 0 Å². The first-order valence-corrected chi connectivity index (χ1v) is 5.81. The van der Waals surface area contributed by atoms with Gasteiger partial charge in [0.1, 0.15) is 6.10 Å². The van der Waals surface area contributed by atoms with Crippen LogP contribution in [0, 0.1) is 17.8 Å². The highest BCUT2D eigenvalue weighted by atomic mass is 16.7. The quantitative estimate of drug-likeness (QED) is 0.693. The molecule has 0 spiro atoms. The Balaban J connectivity index is 2.07. The molecule has 5 nitrogen and oxygen atoms in total. The summed E-state index contributed by atoms with van der Waals surface area (Å²) in [6.07, 6.45) is 1.96. The molecule has 0 unspecified atom stereocenters. The number of hydrogen-bond donors (Lipinski definition) is 1. The van der Waals surface area contributed by atoms with E-state index in [0.717, 1.165) is 6.42 Å². The van der Waals surface area contributed by atoms with Crippen LogP contribution in [-0.2, 0) is 19.0 Å². The summed E-state index contributed by atoms with van der Waals surface area (Å²) in [7, 11) is 2.88. The third-order valence-electron chi connectivity index (χ3n) is 4.29. The van der Waals surface area contributed by atoms with E-state index in [1.54, 1.807) is 0 Å². The molecule has 4 bridgehead atoms. The van der Waals surface area contributed by atoms with Gasteiger partial charge in [0.05, 0.1) is 19.6 Å². The molecule has 5 atom stereocenters. The smallest absolute Gasteiger partial charge is 0.333 e. The van der Waals surface area contributed by atoms with Gasteiger partial charge in [-0.2, -0.15) is 0 Å². The van der Waals surface area contributed by atoms with Gasteiger partial charge in [-0.05, 0) is 12.3 Å². The molecule has 5 heteroatoms. The molecule has 3 aliphatic carbocycles. The van der Waals surface area contributed by atoms with Crippen LogP contribution in [0.3, 0.4) is 0 Å². The average molecular weight is 240 g/mol. The lowest BCUT2D eigenvalue weighted by atomic mass is 9.62. The van der Waals surface area contributed by atoms with Gasteiger partial charge < -0.3 is 19.3 Å². The first kappa shape index (κ1) is 11.2. The molecule has 1 aliphatic heterocycles. The topological polar surface area (TPSA) is 65.0 Å². The van der Waals surface area contributed by atoms with Crippen molar-refractivity contribution < 1.29 is 24.1 Å². The maximum Gasteiger partial charge on any atom is 0.333 e. The Kier molecular flexibility index (Phi) is 2.33. The largest absolute Gasteiger partial charge is 0.466 e. The molecule has 0 amide bonds. The summed E-state index contributed by atoms with van der Waals surface area (Å²) in [5.74, 6) is -1.45. The molecule has 0 aromatic heterocycles. The number of carbonyl (C=O) groups excluding carboxylic acids is 1.